The molecule has 1 rings (SSSR count). The second kappa shape index (κ2) is 8.29. The van der Waals surface area contributed by atoms with E-state index in [1.807, 2.05) is 6.92 Å². The lowest BCUT2D eigenvalue weighted by atomic mass is 10.0. The SMILES string of the molecule is CC(C)CCCC(C)NC(=O)c1ccc(NC(N)=O)cc1. The van der Waals surface area contributed by atoms with Crippen molar-refractivity contribution in [3.63, 3.8) is 0 Å². The molecule has 1 aromatic rings. The van der Waals surface area contributed by atoms with Gasteiger partial charge in [0.2, 0.25) is 0 Å². The van der Waals surface area contributed by atoms with E-state index in [2.05, 4.69) is 24.5 Å². The molecule has 1 unspecified atom stereocenters. The van der Waals surface area contributed by atoms with Gasteiger partial charge in [0.15, 0.2) is 0 Å². The van der Waals surface area contributed by atoms with E-state index in [1.165, 1.54) is 6.42 Å². The van der Waals surface area contributed by atoms with Crippen LogP contribution >= 0.6 is 0 Å². The molecule has 0 aromatic heterocycles. The van der Waals surface area contributed by atoms with Crippen LogP contribution in [0.15, 0.2) is 24.3 Å². The zero-order chi connectivity index (χ0) is 15.8. The summed E-state index contributed by atoms with van der Waals surface area (Å²) in [6.07, 6.45) is 3.26. The summed E-state index contributed by atoms with van der Waals surface area (Å²) in [5, 5.41) is 5.44. The van der Waals surface area contributed by atoms with Crippen LogP contribution < -0.4 is 16.4 Å². The molecular weight excluding hydrogens is 266 g/mol. The minimum atomic E-state index is -0.619. The lowest BCUT2D eigenvalue weighted by Crippen LogP contribution is -2.32. The maximum Gasteiger partial charge on any atom is 0.316 e. The Morgan fingerprint density at radius 2 is 1.71 bits per heavy atom. The Bertz CT molecular complexity index is 469. The van der Waals surface area contributed by atoms with Crippen molar-refractivity contribution in [3.8, 4) is 0 Å². The number of nitrogens with one attached hydrogen (secondary N) is 2. The number of rotatable bonds is 7. The van der Waals surface area contributed by atoms with E-state index >= 15 is 0 Å². The molecule has 1 aromatic carbocycles. The van der Waals surface area contributed by atoms with Crippen LogP contribution in [0.2, 0.25) is 0 Å². The second-order valence-corrected chi connectivity index (χ2v) is 5.77. The average Bonchev–Trinajstić information content (AvgIpc) is 2.38. The van der Waals surface area contributed by atoms with Gasteiger partial charge in [-0.2, -0.15) is 0 Å². The van der Waals surface area contributed by atoms with Crippen LogP contribution in [0, 0.1) is 5.92 Å². The second-order valence-electron chi connectivity index (χ2n) is 5.77. The van der Waals surface area contributed by atoms with Crippen molar-refractivity contribution in [2.75, 3.05) is 5.32 Å². The Morgan fingerprint density at radius 3 is 2.24 bits per heavy atom. The summed E-state index contributed by atoms with van der Waals surface area (Å²) in [5.41, 5.74) is 6.17. The molecule has 1 atom stereocenters. The van der Waals surface area contributed by atoms with Gasteiger partial charge in [0.25, 0.3) is 5.91 Å². The Hall–Kier alpha value is -2.04. The van der Waals surface area contributed by atoms with Crippen molar-refractivity contribution < 1.29 is 9.59 Å². The predicted molar refractivity (Wildman–Crippen MR) is 85.3 cm³/mol. The largest absolute Gasteiger partial charge is 0.351 e. The number of carbonyl (C=O) groups is 2. The number of amides is 3. The molecule has 0 bridgehead atoms. The van der Waals surface area contributed by atoms with Crippen LogP contribution in [0.5, 0.6) is 0 Å². The summed E-state index contributed by atoms with van der Waals surface area (Å²) in [4.78, 5) is 22.8. The zero-order valence-electron chi connectivity index (χ0n) is 13.0. The monoisotopic (exact) mass is 291 g/mol. The third-order valence-corrected chi connectivity index (χ3v) is 3.21. The average molecular weight is 291 g/mol. The first-order chi connectivity index (χ1) is 9.88. The summed E-state index contributed by atoms with van der Waals surface area (Å²) < 4.78 is 0. The van der Waals surface area contributed by atoms with Crippen molar-refractivity contribution in [1.29, 1.82) is 0 Å². The first kappa shape index (κ1) is 17.0. The minimum Gasteiger partial charge on any atom is -0.351 e. The summed E-state index contributed by atoms with van der Waals surface area (Å²) in [6, 6.07) is 6.18. The zero-order valence-corrected chi connectivity index (χ0v) is 13.0. The molecule has 0 aliphatic rings. The molecule has 4 N–H and O–H groups in total. The molecule has 0 fully saturated rings. The minimum absolute atomic E-state index is 0.0994. The lowest BCUT2D eigenvalue weighted by Gasteiger charge is -2.14. The van der Waals surface area contributed by atoms with Crippen molar-refractivity contribution in [3.05, 3.63) is 29.8 Å². The van der Waals surface area contributed by atoms with Gasteiger partial charge in [0, 0.05) is 17.3 Å². The molecule has 0 heterocycles. The highest BCUT2D eigenvalue weighted by molar-refractivity contribution is 5.95. The molecule has 0 aliphatic heterocycles. The third-order valence-electron chi connectivity index (χ3n) is 3.21. The fraction of sp³-hybridized carbons (Fsp3) is 0.500. The maximum atomic E-state index is 12.1. The first-order valence-corrected chi connectivity index (χ1v) is 7.36. The van der Waals surface area contributed by atoms with E-state index in [0.29, 0.717) is 17.2 Å². The van der Waals surface area contributed by atoms with Gasteiger partial charge in [0.05, 0.1) is 0 Å². The number of hydrogen-bond donors (Lipinski definition) is 3. The lowest BCUT2D eigenvalue weighted by molar-refractivity contribution is 0.0938. The van der Waals surface area contributed by atoms with Crippen LogP contribution in [-0.4, -0.2) is 18.0 Å². The van der Waals surface area contributed by atoms with Crippen molar-refractivity contribution in [2.45, 2.75) is 46.1 Å². The molecule has 21 heavy (non-hydrogen) atoms. The smallest absolute Gasteiger partial charge is 0.316 e. The van der Waals surface area contributed by atoms with Gasteiger partial charge in [-0.05, 0) is 43.5 Å². The topological polar surface area (TPSA) is 84.2 Å². The maximum absolute atomic E-state index is 12.1. The molecule has 5 heteroatoms. The van der Waals surface area contributed by atoms with Crippen LogP contribution in [0.4, 0.5) is 10.5 Å². The highest BCUT2D eigenvalue weighted by Crippen LogP contribution is 2.11. The van der Waals surface area contributed by atoms with Gasteiger partial charge >= 0.3 is 6.03 Å². The van der Waals surface area contributed by atoms with Crippen molar-refractivity contribution in [1.82, 2.24) is 5.32 Å². The fourth-order valence-corrected chi connectivity index (χ4v) is 2.06. The normalized spacial score (nSPS) is 12.0. The third kappa shape index (κ3) is 6.79. The Balaban J connectivity index is 2.45. The van der Waals surface area contributed by atoms with Crippen molar-refractivity contribution >= 4 is 17.6 Å². The molecule has 116 valence electrons. The number of primary amides is 1. The molecule has 0 saturated heterocycles. The Kier molecular flexibility index (Phi) is 6.72. The quantitative estimate of drug-likeness (QED) is 0.721. The van der Waals surface area contributed by atoms with Crippen LogP contribution in [0.3, 0.4) is 0 Å². The number of benzene rings is 1. The molecule has 5 nitrogen and oxygen atoms in total. The molecule has 0 radical (unpaired) electrons. The van der Waals surface area contributed by atoms with E-state index in [1.54, 1.807) is 24.3 Å². The number of urea groups is 1. The molecule has 3 amide bonds. The van der Waals surface area contributed by atoms with E-state index in [0.717, 1.165) is 12.8 Å². The number of nitrogens with two attached hydrogens (primary N) is 1. The van der Waals surface area contributed by atoms with Gasteiger partial charge in [-0.3, -0.25) is 4.79 Å². The molecule has 0 spiro atoms. The van der Waals surface area contributed by atoms with Gasteiger partial charge in [-0.15, -0.1) is 0 Å². The standard InChI is InChI=1S/C16H25N3O2/c1-11(2)5-4-6-12(3)18-15(20)13-7-9-14(10-8-13)19-16(17)21/h7-12H,4-6H2,1-3H3,(H,18,20)(H3,17,19,21). The highest BCUT2D eigenvalue weighted by Gasteiger charge is 2.10. The van der Waals surface area contributed by atoms with E-state index in [4.69, 9.17) is 5.73 Å². The summed E-state index contributed by atoms with van der Waals surface area (Å²) >= 11 is 0. The summed E-state index contributed by atoms with van der Waals surface area (Å²) in [6.45, 7) is 6.41. The molecular formula is C16H25N3O2. The van der Waals surface area contributed by atoms with E-state index < -0.39 is 6.03 Å². The Morgan fingerprint density at radius 1 is 1.10 bits per heavy atom. The van der Waals surface area contributed by atoms with Crippen molar-refractivity contribution in [2.24, 2.45) is 11.7 Å². The highest BCUT2D eigenvalue weighted by atomic mass is 16.2. The van der Waals surface area contributed by atoms with E-state index in [-0.39, 0.29) is 11.9 Å². The van der Waals surface area contributed by atoms with Gasteiger partial charge in [-0.25, -0.2) is 4.79 Å². The predicted octanol–water partition coefficient (Wildman–Crippen LogP) is 3.12. The summed E-state index contributed by atoms with van der Waals surface area (Å²) in [5.74, 6) is 0.593. The number of anilines is 1. The van der Waals surface area contributed by atoms with Crippen LogP contribution in [0.25, 0.3) is 0 Å². The van der Waals surface area contributed by atoms with Gasteiger partial charge < -0.3 is 16.4 Å². The Labute approximate surface area is 126 Å². The van der Waals surface area contributed by atoms with Gasteiger partial charge in [-0.1, -0.05) is 26.7 Å². The van der Waals surface area contributed by atoms with Crippen LogP contribution in [0.1, 0.15) is 50.4 Å². The van der Waals surface area contributed by atoms with E-state index in [9.17, 15) is 9.59 Å². The number of hydrogen-bond acceptors (Lipinski definition) is 2. The van der Waals surface area contributed by atoms with Crippen LogP contribution in [-0.2, 0) is 0 Å². The summed E-state index contributed by atoms with van der Waals surface area (Å²) in [7, 11) is 0. The van der Waals surface area contributed by atoms with Gasteiger partial charge in [0.1, 0.15) is 0 Å². The molecule has 0 saturated carbocycles. The first-order valence-electron chi connectivity index (χ1n) is 7.36. The fourth-order valence-electron chi connectivity index (χ4n) is 2.06. The number of carbonyl (C=O) groups excluding carboxylic acids is 2. The molecule has 0 aliphatic carbocycles.